The van der Waals surface area contributed by atoms with Crippen molar-refractivity contribution in [3.8, 4) is 28.7 Å². The molecule has 1 heterocycles. The van der Waals surface area contributed by atoms with E-state index in [2.05, 4.69) is 5.32 Å². The van der Waals surface area contributed by atoms with Gasteiger partial charge in [-0.1, -0.05) is 0 Å². The molecule has 1 aliphatic heterocycles. The van der Waals surface area contributed by atoms with Crippen molar-refractivity contribution in [3.05, 3.63) is 47.2 Å². The second-order valence-corrected chi connectivity index (χ2v) is 7.39. The van der Waals surface area contributed by atoms with Crippen LogP contribution >= 0.6 is 0 Å². The Morgan fingerprint density at radius 1 is 1.00 bits per heavy atom. The van der Waals surface area contributed by atoms with Crippen LogP contribution in [0.3, 0.4) is 0 Å². The van der Waals surface area contributed by atoms with Gasteiger partial charge in [-0.05, 0) is 24.3 Å². The fourth-order valence-corrected chi connectivity index (χ4v) is 3.32. The maximum atomic E-state index is 12.8. The molecule has 2 aromatic carbocycles. The van der Waals surface area contributed by atoms with Crippen molar-refractivity contribution in [2.24, 2.45) is 0 Å². The number of benzene rings is 2. The lowest BCUT2D eigenvalue weighted by Crippen LogP contribution is -2.44. The summed E-state index contributed by atoms with van der Waals surface area (Å²) in [6.45, 7) is -0.582. The molecule has 0 fully saturated rings. The van der Waals surface area contributed by atoms with Gasteiger partial charge in [-0.25, -0.2) is 4.79 Å². The molecule has 0 bridgehead atoms. The van der Waals surface area contributed by atoms with Gasteiger partial charge in [-0.2, -0.15) is 0 Å². The zero-order valence-corrected chi connectivity index (χ0v) is 19.5. The lowest BCUT2D eigenvalue weighted by Gasteiger charge is -2.13. The van der Waals surface area contributed by atoms with E-state index < -0.39 is 36.9 Å². The van der Waals surface area contributed by atoms with Gasteiger partial charge in [0.05, 0.1) is 33.3 Å². The Kier molecular flexibility index (Phi) is 8.00. The summed E-state index contributed by atoms with van der Waals surface area (Å²) >= 11 is 0. The molecule has 0 saturated carbocycles. The Labute approximate surface area is 205 Å². The molecule has 12 nitrogen and oxygen atoms in total. The largest absolute Gasteiger partial charge is 0.496 e. The van der Waals surface area contributed by atoms with E-state index in [0.29, 0.717) is 22.8 Å². The molecule has 3 rings (SSSR count). The van der Waals surface area contributed by atoms with Crippen LogP contribution in [0.1, 0.15) is 22.3 Å². The minimum absolute atomic E-state index is 0.0170. The molecular formula is C24H23NO11. The van der Waals surface area contributed by atoms with Gasteiger partial charge in [-0.3, -0.25) is 14.4 Å². The average molecular weight is 501 g/mol. The third-order valence-electron chi connectivity index (χ3n) is 5.05. The predicted molar refractivity (Wildman–Crippen MR) is 123 cm³/mol. The van der Waals surface area contributed by atoms with Crippen molar-refractivity contribution in [1.29, 1.82) is 0 Å². The molecule has 0 aliphatic carbocycles. The first-order valence-corrected chi connectivity index (χ1v) is 10.4. The van der Waals surface area contributed by atoms with Gasteiger partial charge in [0.15, 0.2) is 23.9 Å². The van der Waals surface area contributed by atoms with Crippen LogP contribution < -0.4 is 29.0 Å². The van der Waals surface area contributed by atoms with E-state index in [1.165, 1.54) is 45.6 Å². The van der Waals surface area contributed by atoms with Crippen molar-refractivity contribution in [2.75, 3.05) is 27.9 Å². The van der Waals surface area contributed by atoms with Crippen molar-refractivity contribution in [2.45, 2.75) is 12.5 Å². The molecule has 1 aliphatic rings. The summed E-state index contributed by atoms with van der Waals surface area (Å²) < 4.78 is 27.0. The SMILES string of the molecule is COc1cc(OC)c(OC)cc1/C=C1\Oc2cc(OCC(=O)N[C@@H](CC(=O)O)C(=O)O)ccc2C1=O. The predicted octanol–water partition coefficient (Wildman–Crippen LogP) is 1.75. The number of fused-ring (bicyclic) bond motifs is 1. The maximum Gasteiger partial charge on any atom is 0.326 e. The lowest BCUT2D eigenvalue weighted by molar-refractivity contribution is -0.147. The molecule has 1 atom stereocenters. The van der Waals surface area contributed by atoms with Gasteiger partial charge >= 0.3 is 11.9 Å². The number of allylic oxidation sites excluding steroid dienone is 1. The molecule has 2 aromatic rings. The van der Waals surface area contributed by atoms with E-state index in [0.717, 1.165) is 0 Å². The van der Waals surface area contributed by atoms with Gasteiger partial charge in [0.1, 0.15) is 23.3 Å². The number of amides is 1. The number of carboxylic acids is 2. The number of carbonyl (C=O) groups is 4. The highest BCUT2D eigenvalue weighted by Crippen LogP contribution is 2.39. The molecule has 0 saturated heterocycles. The number of rotatable bonds is 11. The number of methoxy groups -OCH3 is 3. The number of carbonyl (C=O) groups excluding carboxylic acids is 2. The highest BCUT2D eigenvalue weighted by molar-refractivity contribution is 6.14. The first-order valence-electron chi connectivity index (χ1n) is 10.4. The van der Waals surface area contributed by atoms with Crippen LogP contribution in [-0.2, 0) is 14.4 Å². The highest BCUT2D eigenvalue weighted by atomic mass is 16.5. The van der Waals surface area contributed by atoms with Crippen molar-refractivity contribution in [3.63, 3.8) is 0 Å². The number of hydrogen-bond donors (Lipinski definition) is 3. The van der Waals surface area contributed by atoms with Crippen LogP contribution in [0.25, 0.3) is 6.08 Å². The highest BCUT2D eigenvalue weighted by Gasteiger charge is 2.29. The van der Waals surface area contributed by atoms with Gasteiger partial charge in [0.25, 0.3) is 5.91 Å². The molecule has 36 heavy (non-hydrogen) atoms. The van der Waals surface area contributed by atoms with E-state index >= 15 is 0 Å². The summed E-state index contributed by atoms with van der Waals surface area (Å²) in [6, 6.07) is 5.95. The summed E-state index contributed by atoms with van der Waals surface area (Å²) in [5.74, 6) is -2.40. The van der Waals surface area contributed by atoms with Gasteiger partial charge in [0.2, 0.25) is 5.78 Å². The molecule has 0 radical (unpaired) electrons. The Bertz CT molecular complexity index is 1230. The average Bonchev–Trinajstić information content (AvgIpc) is 3.15. The summed E-state index contributed by atoms with van der Waals surface area (Å²) in [4.78, 5) is 46.6. The minimum atomic E-state index is -1.60. The first kappa shape index (κ1) is 25.9. The van der Waals surface area contributed by atoms with Gasteiger partial charge in [-0.15, -0.1) is 0 Å². The van der Waals surface area contributed by atoms with E-state index in [1.807, 2.05) is 0 Å². The second-order valence-electron chi connectivity index (χ2n) is 7.39. The Morgan fingerprint density at radius 3 is 2.28 bits per heavy atom. The summed E-state index contributed by atoms with van der Waals surface area (Å²) in [5, 5.41) is 19.8. The van der Waals surface area contributed by atoms with Crippen molar-refractivity contribution in [1.82, 2.24) is 5.32 Å². The van der Waals surface area contributed by atoms with Crippen LogP contribution in [0.5, 0.6) is 28.7 Å². The summed E-state index contributed by atoms with van der Waals surface area (Å²) in [6.07, 6.45) is 0.710. The summed E-state index contributed by atoms with van der Waals surface area (Å²) in [5.41, 5.74) is 0.777. The fraction of sp³-hybridized carbons (Fsp3) is 0.250. The van der Waals surface area contributed by atoms with Gasteiger partial charge < -0.3 is 39.2 Å². The topological polar surface area (TPSA) is 167 Å². The molecule has 12 heteroatoms. The molecule has 0 spiro atoms. The third kappa shape index (κ3) is 5.84. The number of carboxylic acid groups (broad SMARTS) is 2. The number of ether oxygens (including phenoxy) is 5. The number of nitrogens with one attached hydrogen (secondary N) is 1. The molecular weight excluding hydrogens is 478 g/mol. The van der Waals surface area contributed by atoms with Crippen LogP contribution in [0, 0.1) is 0 Å². The monoisotopic (exact) mass is 501 g/mol. The molecule has 3 N–H and O–H groups in total. The fourth-order valence-electron chi connectivity index (χ4n) is 3.32. The molecule has 1 amide bonds. The van der Waals surface area contributed by atoms with Crippen LogP contribution in [0.4, 0.5) is 0 Å². The van der Waals surface area contributed by atoms with E-state index in [9.17, 15) is 19.2 Å². The van der Waals surface area contributed by atoms with Crippen LogP contribution in [0.2, 0.25) is 0 Å². The van der Waals surface area contributed by atoms with Crippen molar-refractivity contribution < 1.29 is 53.1 Å². The zero-order valence-electron chi connectivity index (χ0n) is 19.5. The standard InChI is InChI=1S/C24H23NO11/c1-32-16-10-19(34-3)18(33-2)6-12(16)7-20-23(29)14-5-4-13(8-17(14)36-20)35-11-21(26)25-15(24(30)31)9-22(27)28/h4-8,10,15H,9,11H2,1-3H3,(H,25,26)(H,27,28)(H,30,31)/b20-7-/t15-/m0/s1. The molecule has 190 valence electrons. The number of aliphatic carboxylic acids is 2. The van der Waals surface area contributed by atoms with Gasteiger partial charge in [0, 0.05) is 17.7 Å². The Hall–Kier alpha value is -4.74. The quantitative estimate of drug-likeness (QED) is 0.384. The molecule has 0 aromatic heterocycles. The number of hydrogen-bond acceptors (Lipinski definition) is 9. The zero-order chi connectivity index (χ0) is 26.4. The lowest BCUT2D eigenvalue weighted by atomic mass is 10.1. The van der Waals surface area contributed by atoms with Crippen LogP contribution in [-0.4, -0.2) is 67.8 Å². The second kappa shape index (κ2) is 11.1. The van der Waals surface area contributed by atoms with E-state index in [4.69, 9.17) is 33.9 Å². The Morgan fingerprint density at radius 2 is 1.67 bits per heavy atom. The third-order valence-corrected chi connectivity index (χ3v) is 5.05. The van der Waals surface area contributed by atoms with Crippen LogP contribution in [0.15, 0.2) is 36.1 Å². The normalized spacial score (nSPS) is 13.9. The Balaban J connectivity index is 1.74. The minimum Gasteiger partial charge on any atom is -0.496 e. The smallest absolute Gasteiger partial charge is 0.326 e. The van der Waals surface area contributed by atoms with E-state index in [1.54, 1.807) is 12.1 Å². The first-order chi connectivity index (χ1) is 17.2. The van der Waals surface area contributed by atoms with Crippen molar-refractivity contribution >= 4 is 29.7 Å². The molecule has 0 unspecified atom stereocenters. The number of ketones is 1. The summed E-state index contributed by atoms with van der Waals surface area (Å²) in [7, 11) is 4.43. The maximum absolute atomic E-state index is 12.8. The van der Waals surface area contributed by atoms with E-state index in [-0.39, 0.29) is 28.6 Å². The number of Topliss-reactive ketones (excluding diaryl/α,β-unsaturated/α-hetero) is 1.